The van der Waals surface area contributed by atoms with Gasteiger partial charge in [0.05, 0.1) is 6.61 Å². The number of aliphatic hydroxyl groups excluding tert-OH is 1. The van der Waals surface area contributed by atoms with Crippen LogP contribution >= 0.6 is 0 Å². The van der Waals surface area contributed by atoms with E-state index in [1.807, 2.05) is 30.3 Å². The minimum absolute atomic E-state index is 0.104. The van der Waals surface area contributed by atoms with E-state index < -0.39 is 6.09 Å². The summed E-state index contributed by atoms with van der Waals surface area (Å²) in [5, 5.41) is 11.3. The molecule has 5 heteroatoms. The van der Waals surface area contributed by atoms with Gasteiger partial charge < -0.3 is 14.6 Å². The zero-order valence-corrected chi connectivity index (χ0v) is 12.2. The number of benzene rings is 2. The smallest absolute Gasteiger partial charge is 0.411 e. The third-order valence-corrected chi connectivity index (χ3v) is 2.88. The van der Waals surface area contributed by atoms with Gasteiger partial charge in [0.2, 0.25) is 0 Å². The second-order valence-electron chi connectivity index (χ2n) is 4.64. The Bertz CT molecular complexity index is 569. The van der Waals surface area contributed by atoms with Gasteiger partial charge >= 0.3 is 6.09 Å². The number of rotatable bonds is 7. The van der Waals surface area contributed by atoms with Crippen molar-refractivity contribution in [2.24, 2.45) is 0 Å². The highest BCUT2D eigenvalue weighted by Gasteiger charge is 2.04. The van der Waals surface area contributed by atoms with Crippen molar-refractivity contribution in [3.05, 3.63) is 60.2 Å². The Morgan fingerprint density at radius 1 is 1.05 bits per heavy atom. The van der Waals surface area contributed by atoms with Gasteiger partial charge in [-0.05, 0) is 29.8 Å². The maximum atomic E-state index is 11.7. The van der Waals surface area contributed by atoms with Crippen LogP contribution in [0.5, 0.6) is 5.75 Å². The summed E-state index contributed by atoms with van der Waals surface area (Å²) < 4.78 is 10.5. The molecular weight excluding hydrogens is 282 g/mol. The molecule has 5 nitrogen and oxygen atoms in total. The quantitative estimate of drug-likeness (QED) is 0.771. The summed E-state index contributed by atoms with van der Waals surface area (Å²) >= 11 is 0. The first kappa shape index (κ1) is 15.9. The fourth-order valence-corrected chi connectivity index (χ4v) is 1.77. The summed E-state index contributed by atoms with van der Waals surface area (Å²) in [7, 11) is 0. The van der Waals surface area contributed by atoms with Gasteiger partial charge in [-0.3, -0.25) is 5.32 Å². The number of ether oxygens (including phenoxy) is 2. The molecule has 2 rings (SSSR count). The molecule has 0 aliphatic rings. The number of aliphatic hydroxyl groups is 1. The molecule has 0 saturated carbocycles. The Balaban J connectivity index is 1.76. The van der Waals surface area contributed by atoms with E-state index in [0.717, 1.165) is 5.56 Å². The van der Waals surface area contributed by atoms with Crippen LogP contribution in [-0.4, -0.2) is 24.4 Å². The summed E-state index contributed by atoms with van der Waals surface area (Å²) in [5.74, 6) is 0.691. The van der Waals surface area contributed by atoms with Crippen molar-refractivity contribution in [2.75, 3.05) is 18.5 Å². The predicted molar refractivity (Wildman–Crippen MR) is 83.9 cm³/mol. The molecule has 0 heterocycles. The molecule has 116 valence electrons. The molecule has 0 aliphatic heterocycles. The summed E-state index contributed by atoms with van der Waals surface area (Å²) in [6, 6.07) is 16.5. The van der Waals surface area contributed by atoms with Crippen molar-refractivity contribution >= 4 is 11.8 Å². The highest BCUT2D eigenvalue weighted by Crippen LogP contribution is 2.16. The number of nitrogens with one attached hydrogen (secondary N) is 1. The largest absolute Gasteiger partial charge is 0.494 e. The van der Waals surface area contributed by atoms with Crippen LogP contribution in [0, 0.1) is 0 Å². The second kappa shape index (κ2) is 8.69. The average Bonchev–Trinajstić information content (AvgIpc) is 2.56. The van der Waals surface area contributed by atoms with E-state index in [2.05, 4.69) is 5.32 Å². The average molecular weight is 301 g/mol. The maximum absolute atomic E-state index is 11.7. The molecule has 0 saturated heterocycles. The van der Waals surface area contributed by atoms with Crippen molar-refractivity contribution in [2.45, 2.75) is 13.0 Å². The second-order valence-corrected chi connectivity index (χ2v) is 4.64. The van der Waals surface area contributed by atoms with Gasteiger partial charge in [-0.1, -0.05) is 30.3 Å². The zero-order chi connectivity index (χ0) is 15.6. The molecular formula is C17H19NO4. The lowest BCUT2D eigenvalue weighted by Gasteiger charge is -2.08. The van der Waals surface area contributed by atoms with E-state index in [1.54, 1.807) is 24.3 Å². The van der Waals surface area contributed by atoms with Crippen molar-refractivity contribution < 1.29 is 19.4 Å². The fraction of sp³-hybridized carbons (Fsp3) is 0.235. The zero-order valence-electron chi connectivity index (χ0n) is 12.2. The van der Waals surface area contributed by atoms with Crippen LogP contribution in [-0.2, 0) is 11.3 Å². The molecule has 0 aliphatic carbocycles. The first-order valence-corrected chi connectivity index (χ1v) is 7.09. The normalized spacial score (nSPS) is 10.0. The Morgan fingerprint density at radius 2 is 1.77 bits per heavy atom. The molecule has 0 bridgehead atoms. The molecule has 2 aromatic carbocycles. The van der Waals surface area contributed by atoms with Crippen LogP contribution in [0.1, 0.15) is 12.0 Å². The van der Waals surface area contributed by atoms with Gasteiger partial charge in [-0.15, -0.1) is 0 Å². The third-order valence-electron chi connectivity index (χ3n) is 2.88. The Kier molecular flexibility index (Phi) is 6.26. The van der Waals surface area contributed by atoms with Crippen molar-refractivity contribution in [1.82, 2.24) is 0 Å². The minimum Gasteiger partial charge on any atom is -0.494 e. The van der Waals surface area contributed by atoms with Crippen LogP contribution in [0.25, 0.3) is 0 Å². The van der Waals surface area contributed by atoms with Crippen LogP contribution in [0.2, 0.25) is 0 Å². The first-order chi connectivity index (χ1) is 10.8. The highest BCUT2D eigenvalue weighted by molar-refractivity contribution is 5.84. The van der Waals surface area contributed by atoms with Gasteiger partial charge in [0.15, 0.2) is 0 Å². The van der Waals surface area contributed by atoms with Crippen molar-refractivity contribution in [1.29, 1.82) is 0 Å². The van der Waals surface area contributed by atoms with Gasteiger partial charge in [-0.2, -0.15) is 0 Å². The molecule has 0 aromatic heterocycles. The molecule has 0 atom stereocenters. The maximum Gasteiger partial charge on any atom is 0.411 e. The number of amides is 1. The summed E-state index contributed by atoms with van der Waals surface area (Å²) in [4.78, 5) is 11.7. The van der Waals surface area contributed by atoms with Crippen LogP contribution in [0.4, 0.5) is 10.5 Å². The molecule has 0 radical (unpaired) electrons. The van der Waals surface area contributed by atoms with Crippen LogP contribution in [0.15, 0.2) is 54.6 Å². The SMILES string of the molecule is O=C(Nc1ccc(OCCCO)cc1)OCc1ccccc1. The molecule has 1 amide bonds. The van der Waals surface area contributed by atoms with E-state index in [9.17, 15) is 4.79 Å². The van der Waals surface area contributed by atoms with E-state index in [0.29, 0.717) is 24.5 Å². The highest BCUT2D eigenvalue weighted by atomic mass is 16.5. The lowest BCUT2D eigenvalue weighted by atomic mass is 10.2. The Hall–Kier alpha value is -2.53. The molecule has 2 N–H and O–H groups in total. The third kappa shape index (κ3) is 5.46. The van der Waals surface area contributed by atoms with Gasteiger partial charge in [0, 0.05) is 18.7 Å². The first-order valence-electron chi connectivity index (χ1n) is 7.09. The lowest BCUT2D eigenvalue weighted by molar-refractivity contribution is 0.155. The van der Waals surface area contributed by atoms with E-state index in [-0.39, 0.29) is 13.2 Å². The molecule has 0 fully saturated rings. The Morgan fingerprint density at radius 3 is 2.45 bits per heavy atom. The van der Waals surface area contributed by atoms with Gasteiger partial charge in [0.1, 0.15) is 12.4 Å². The summed E-state index contributed by atoms with van der Waals surface area (Å²) in [6.45, 7) is 0.796. The van der Waals surface area contributed by atoms with Gasteiger partial charge in [0.25, 0.3) is 0 Å². The van der Waals surface area contributed by atoms with Crippen molar-refractivity contribution in [3.8, 4) is 5.75 Å². The Labute approximate surface area is 129 Å². The fourth-order valence-electron chi connectivity index (χ4n) is 1.77. The van der Waals surface area contributed by atoms with Gasteiger partial charge in [-0.25, -0.2) is 4.79 Å². The molecule has 2 aromatic rings. The molecule has 22 heavy (non-hydrogen) atoms. The van der Waals surface area contributed by atoms with Crippen LogP contribution < -0.4 is 10.1 Å². The number of carbonyl (C=O) groups is 1. The minimum atomic E-state index is -0.502. The molecule has 0 unspecified atom stereocenters. The number of hydrogen-bond acceptors (Lipinski definition) is 4. The van der Waals surface area contributed by atoms with E-state index >= 15 is 0 Å². The number of carbonyl (C=O) groups excluding carboxylic acids is 1. The number of anilines is 1. The molecule has 0 spiro atoms. The summed E-state index contributed by atoms with van der Waals surface area (Å²) in [5.41, 5.74) is 1.57. The summed E-state index contributed by atoms with van der Waals surface area (Å²) in [6.07, 6.45) is 0.0871. The van der Waals surface area contributed by atoms with Crippen LogP contribution in [0.3, 0.4) is 0 Å². The monoisotopic (exact) mass is 301 g/mol. The lowest BCUT2D eigenvalue weighted by Crippen LogP contribution is -2.13. The standard InChI is InChI=1S/C17H19NO4/c19-11-4-12-21-16-9-7-15(8-10-16)18-17(20)22-13-14-5-2-1-3-6-14/h1-3,5-10,19H,4,11-13H2,(H,18,20). The van der Waals surface area contributed by atoms with E-state index in [4.69, 9.17) is 14.6 Å². The number of hydrogen-bond donors (Lipinski definition) is 2. The topological polar surface area (TPSA) is 67.8 Å². The predicted octanol–water partition coefficient (Wildman–Crippen LogP) is 3.20. The van der Waals surface area contributed by atoms with E-state index in [1.165, 1.54) is 0 Å². The van der Waals surface area contributed by atoms with Crippen molar-refractivity contribution in [3.63, 3.8) is 0 Å².